The van der Waals surface area contributed by atoms with Crippen LogP contribution in [0.15, 0.2) is 22.7 Å². The number of nitrogens with zero attached hydrogens (tertiary/aromatic N) is 1. The van der Waals surface area contributed by atoms with Crippen LogP contribution in [-0.2, 0) is 4.74 Å². The van der Waals surface area contributed by atoms with Crippen LogP contribution in [0.25, 0.3) is 0 Å². The molecule has 0 saturated heterocycles. The average Bonchev–Trinajstić information content (AvgIpc) is 3.31. The van der Waals surface area contributed by atoms with E-state index in [4.69, 9.17) is 9.47 Å². The second-order valence-corrected chi connectivity index (χ2v) is 6.33. The summed E-state index contributed by atoms with van der Waals surface area (Å²) in [7, 11) is 3.24. The molecule has 4 nitrogen and oxygen atoms in total. The van der Waals surface area contributed by atoms with Gasteiger partial charge in [-0.05, 0) is 43.9 Å². The fourth-order valence-corrected chi connectivity index (χ4v) is 2.85. The van der Waals surface area contributed by atoms with Crippen molar-refractivity contribution in [1.29, 1.82) is 0 Å². The Morgan fingerprint density at radius 1 is 1.43 bits per heavy atom. The van der Waals surface area contributed by atoms with E-state index in [9.17, 15) is 4.79 Å². The topological polar surface area (TPSA) is 38.8 Å². The summed E-state index contributed by atoms with van der Waals surface area (Å²) in [5, 5.41) is 0. The van der Waals surface area contributed by atoms with E-state index in [1.807, 2.05) is 23.1 Å². The van der Waals surface area contributed by atoms with E-state index < -0.39 is 0 Å². The van der Waals surface area contributed by atoms with E-state index in [1.54, 1.807) is 14.2 Å². The Hall–Kier alpha value is -1.07. The number of carbonyl (C=O) groups excluding carboxylic acids is 1. The van der Waals surface area contributed by atoms with Crippen LogP contribution in [-0.4, -0.2) is 44.2 Å². The van der Waals surface area contributed by atoms with Crippen molar-refractivity contribution in [3.63, 3.8) is 0 Å². The highest BCUT2D eigenvalue weighted by atomic mass is 79.9. The molecule has 0 radical (unpaired) electrons. The van der Waals surface area contributed by atoms with E-state index in [0.717, 1.165) is 4.47 Å². The fraction of sp³-hybridized carbons (Fsp3) is 0.562. The minimum atomic E-state index is 0.0100. The van der Waals surface area contributed by atoms with Gasteiger partial charge in [-0.2, -0.15) is 0 Å². The first kappa shape index (κ1) is 16.3. The summed E-state index contributed by atoms with van der Waals surface area (Å²) < 4.78 is 11.4. The first-order chi connectivity index (χ1) is 10.1. The highest BCUT2D eigenvalue weighted by Crippen LogP contribution is 2.36. The molecule has 0 aliphatic heterocycles. The molecular weight excluding hydrogens is 334 g/mol. The van der Waals surface area contributed by atoms with Crippen LogP contribution >= 0.6 is 15.9 Å². The summed E-state index contributed by atoms with van der Waals surface area (Å²) in [6.45, 7) is 3.27. The fourth-order valence-electron chi connectivity index (χ4n) is 2.51. The highest BCUT2D eigenvalue weighted by Gasteiger charge is 2.35. The largest absolute Gasteiger partial charge is 0.496 e. The summed E-state index contributed by atoms with van der Waals surface area (Å²) >= 11 is 3.40. The SMILES string of the molecule is COCCN(C(=O)c1ccc(Br)cc1OC)C(C)C1CC1. The zero-order chi connectivity index (χ0) is 15.4. The van der Waals surface area contributed by atoms with Crippen molar-refractivity contribution in [3.05, 3.63) is 28.2 Å². The monoisotopic (exact) mass is 355 g/mol. The zero-order valence-corrected chi connectivity index (χ0v) is 14.4. The van der Waals surface area contributed by atoms with Crippen LogP contribution in [0.2, 0.25) is 0 Å². The number of hydrogen-bond acceptors (Lipinski definition) is 3. The van der Waals surface area contributed by atoms with Crippen LogP contribution in [0.4, 0.5) is 0 Å². The number of benzene rings is 1. The molecule has 0 heterocycles. The predicted molar refractivity (Wildman–Crippen MR) is 85.8 cm³/mol. The summed E-state index contributed by atoms with van der Waals surface area (Å²) in [5.41, 5.74) is 0.601. The van der Waals surface area contributed by atoms with Gasteiger partial charge in [0.25, 0.3) is 5.91 Å². The standard InChI is InChI=1S/C16H22BrNO3/c1-11(12-4-5-12)18(8-9-20-2)16(19)14-7-6-13(17)10-15(14)21-3/h6-7,10-12H,4-5,8-9H2,1-3H3. The molecule has 2 rings (SSSR count). The molecule has 1 atom stereocenters. The Kier molecular flexibility index (Phi) is 5.65. The van der Waals surface area contributed by atoms with E-state index >= 15 is 0 Å². The Bertz CT molecular complexity index is 502. The number of carbonyl (C=O) groups is 1. The molecule has 116 valence electrons. The normalized spacial score (nSPS) is 15.6. The van der Waals surface area contributed by atoms with Gasteiger partial charge in [0.15, 0.2) is 0 Å². The van der Waals surface area contributed by atoms with Crippen molar-refractivity contribution >= 4 is 21.8 Å². The van der Waals surface area contributed by atoms with E-state index in [-0.39, 0.29) is 11.9 Å². The molecule has 1 amide bonds. The Morgan fingerprint density at radius 2 is 2.14 bits per heavy atom. The molecule has 1 saturated carbocycles. The minimum absolute atomic E-state index is 0.0100. The molecule has 1 aromatic rings. The van der Waals surface area contributed by atoms with E-state index in [1.165, 1.54) is 12.8 Å². The van der Waals surface area contributed by atoms with Crippen LogP contribution in [0, 0.1) is 5.92 Å². The summed E-state index contributed by atoms with van der Waals surface area (Å²) in [4.78, 5) is 14.8. The molecule has 0 bridgehead atoms. The van der Waals surface area contributed by atoms with Gasteiger partial charge in [-0.25, -0.2) is 0 Å². The number of methoxy groups -OCH3 is 2. The van der Waals surface area contributed by atoms with Crippen molar-refractivity contribution in [1.82, 2.24) is 4.90 Å². The lowest BCUT2D eigenvalue weighted by atomic mass is 10.1. The van der Waals surface area contributed by atoms with Gasteiger partial charge in [0.2, 0.25) is 0 Å². The molecule has 1 aromatic carbocycles. The molecule has 1 fully saturated rings. The van der Waals surface area contributed by atoms with Gasteiger partial charge in [-0.3, -0.25) is 4.79 Å². The molecule has 21 heavy (non-hydrogen) atoms. The third kappa shape index (κ3) is 3.98. The molecule has 5 heteroatoms. The van der Waals surface area contributed by atoms with Gasteiger partial charge in [0.05, 0.1) is 19.3 Å². The van der Waals surface area contributed by atoms with E-state index in [0.29, 0.717) is 30.4 Å². The predicted octanol–water partition coefficient (Wildman–Crippen LogP) is 3.34. The van der Waals surface area contributed by atoms with Crippen molar-refractivity contribution < 1.29 is 14.3 Å². The average molecular weight is 356 g/mol. The van der Waals surface area contributed by atoms with Gasteiger partial charge in [-0.15, -0.1) is 0 Å². The maximum atomic E-state index is 12.9. The second kappa shape index (κ2) is 7.27. The highest BCUT2D eigenvalue weighted by molar-refractivity contribution is 9.10. The lowest BCUT2D eigenvalue weighted by Crippen LogP contribution is -2.42. The maximum absolute atomic E-state index is 12.9. The lowest BCUT2D eigenvalue weighted by Gasteiger charge is -2.30. The summed E-state index contributed by atoms with van der Waals surface area (Å²) in [5.74, 6) is 1.22. The molecule has 1 aliphatic carbocycles. The number of ether oxygens (including phenoxy) is 2. The second-order valence-electron chi connectivity index (χ2n) is 5.41. The lowest BCUT2D eigenvalue weighted by molar-refractivity contribution is 0.0591. The Morgan fingerprint density at radius 3 is 2.71 bits per heavy atom. The summed E-state index contributed by atoms with van der Waals surface area (Å²) in [6.07, 6.45) is 2.41. The van der Waals surface area contributed by atoms with Crippen LogP contribution in [0.5, 0.6) is 5.75 Å². The molecule has 0 aromatic heterocycles. The van der Waals surface area contributed by atoms with Crippen LogP contribution < -0.4 is 4.74 Å². The van der Waals surface area contributed by atoms with Crippen molar-refractivity contribution in [3.8, 4) is 5.75 Å². The molecule has 1 aliphatic rings. The number of hydrogen-bond donors (Lipinski definition) is 0. The Balaban J connectivity index is 2.24. The Labute approximate surface area is 134 Å². The van der Waals surface area contributed by atoms with E-state index in [2.05, 4.69) is 22.9 Å². The number of halogens is 1. The third-order valence-corrected chi connectivity index (χ3v) is 4.48. The molecule has 1 unspecified atom stereocenters. The van der Waals surface area contributed by atoms with Crippen LogP contribution in [0.1, 0.15) is 30.1 Å². The third-order valence-electron chi connectivity index (χ3n) is 3.99. The van der Waals surface area contributed by atoms with Gasteiger partial charge in [0.1, 0.15) is 5.75 Å². The van der Waals surface area contributed by atoms with Gasteiger partial charge >= 0.3 is 0 Å². The smallest absolute Gasteiger partial charge is 0.257 e. The summed E-state index contributed by atoms with van der Waals surface area (Å²) in [6, 6.07) is 5.74. The minimum Gasteiger partial charge on any atom is -0.496 e. The first-order valence-corrected chi connectivity index (χ1v) is 8.01. The molecule has 0 N–H and O–H groups in total. The van der Waals surface area contributed by atoms with Crippen molar-refractivity contribution in [2.75, 3.05) is 27.4 Å². The number of rotatable bonds is 7. The molecular formula is C16H22BrNO3. The van der Waals surface area contributed by atoms with Crippen molar-refractivity contribution in [2.45, 2.75) is 25.8 Å². The first-order valence-electron chi connectivity index (χ1n) is 7.22. The van der Waals surface area contributed by atoms with Gasteiger partial charge < -0.3 is 14.4 Å². The maximum Gasteiger partial charge on any atom is 0.257 e. The molecule has 0 spiro atoms. The number of amides is 1. The van der Waals surface area contributed by atoms with Gasteiger partial charge in [0, 0.05) is 24.2 Å². The zero-order valence-electron chi connectivity index (χ0n) is 12.8. The van der Waals surface area contributed by atoms with Crippen molar-refractivity contribution in [2.24, 2.45) is 5.92 Å². The van der Waals surface area contributed by atoms with Gasteiger partial charge in [-0.1, -0.05) is 15.9 Å². The quantitative estimate of drug-likeness (QED) is 0.752. The van der Waals surface area contributed by atoms with Crippen LogP contribution in [0.3, 0.4) is 0 Å².